The summed E-state index contributed by atoms with van der Waals surface area (Å²) in [5.41, 5.74) is 5.89. The molecular formula is C25H23NO. The van der Waals surface area contributed by atoms with Crippen LogP contribution in [0.25, 0.3) is 22.0 Å². The van der Waals surface area contributed by atoms with Crippen molar-refractivity contribution >= 4 is 27.8 Å². The van der Waals surface area contributed by atoms with E-state index in [1.165, 1.54) is 41.4 Å². The average molecular weight is 353 g/mol. The van der Waals surface area contributed by atoms with Gasteiger partial charge in [0.2, 0.25) is 0 Å². The van der Waals surface area contributed by atoms with Crippen LogP contribution in [0.3, 0.4) is 0 Å². The fourth-order valence-corrected chi connectivity index (χ4v) is 6.30. The van der Waals surface area contributed by atoms with Crippen LogP contribution in [0.15, 0.2) is 60.7 Å². The first-order chi connectivity index (χ1) is 13.2. The molecule has 2 heteroatoms. The molecule has 1 aromatic heterocycles. The van der Waals surface area contributed by atoms with Crippen molar-refractivity contribution in [2.24, 2.45) is 30.7 Å². The number of rotatable bonds is 2. The maximum absolute atomic E-state index is 13.6. The molecular weight excluding hydrogens is 330 g/mol. The van der Waals surface area contributed by atoms with Gasteiger partial charge in [0.05, 0.1) is 0 Å². The molecule has 0 N–H and O–H groups in total. The van der Waals surface area contributed by atoms with Crippen LogP contribution in [0.1, 0.15) is 30.5 Å². The predicted molar refractivity (Wildman–Crippen MR) is 109 cm³/mol. The molecule has 0 unspecified atom stereocenters. The van der Waals surface area contributed by atoms with Crippen molar-refractivity contribution in [3.8, 4) is 0 Å². The van der Waals surface area contributed by atoms with Gasteiger partial charge in [-0.3, -0.25) is 4.79 Å². The molecule has 2 fully saturated rings. The number of hydrogen-bond acceptors (Lipinski definition) is 1. The molecule has 0 saturated heterocycles. The fourth-order valence-electron chi connectivity index (χ4n) is 6.30. The van der Waals surface area contributed by atoms with Crippen LogP contribution in [0.2, 0.25) is 0 Å². The smallest absolute Gasteiger partial charge is 0.167 e. The zero-order valence-electron chi connectivity index (χ0n) is 15.6. The second-order valence-corrected chi connectivity index (χ2v) is 8.55. The SMILES string of the molecule is Cn1c(C2=C(c3ccccc3)C(=O)[C@H]3[C@@H]4CC[C@@H](C4)[C@@H]23)cc2ccccc21. The van der Waals surface area contributed by atoms with Crippen molar-refractivity contribution in [2.75, 3.05) is 0 Å². The molecule has 6 rings (SSSR count). The summed E-state index contributed by atoms with van der Waals surface area (Å²) in [5.74, 6) is 2.30. The van der Waals surface area contributed by atoms with Crippen LogP contribution in [-0.2, 0) is 11.8 Å². The monoisotopic (exact) mass is 353 g/mol. The maximum Gasteiger partial charge on any atom is 0.167 e. The van der Waals surface area contributed by atoms with Crippen LogP contribution >= 0.6 is 0 Å². The third-order valence-corrected chi connectivity index (χ3v) is 7.36. The van der Waals surface area contributed by atoms with Gasteiger partial charge in [0, 0.05) is 35.1 Å². The number of hydrogen-bond donors (Lipinski definition) is 0. The minimum absolute atomic E-state index is 0.215. The highest BCUT2D eigenvalue weighted by Crippen LogP contribution is 2.62. The summed E-state index contributed by atoms with van der Waals surface area (Å²) in [6, 6.07) is 21.2. The van der Waals surface area contributed by atoms with E-state index in [1.807, 2.05) is 6.07 Å². The number of Topliss-reactive ketones (excluding diaryl/α,β-unsaturated/α-hetero) is 1. The Morgan fingerprint density at radius 3 is 2.37 bits per heavy atom. The third kappa shape index (κ3) is 1.99. The number of aryl methyl sites for hydroxylation is 1. The lowest BCUT2D eigenvalue weighted by molar-refractivity contribution is -0.118. The summed E-state index contributed by atoms with van der Waals surface area (Å²) in [4.78, 5) is 13.6. The summed E-state index contributed by atoms with van der Waals surface area (Å²) < 4.78 is 2.30. The van der Waals surface area contributed by atoms with E-state index in [0.717, 1.165) is 11.1 Å². The summed E-state index contributed by atoms with van der Waals surface area (Å²) in [6.07, 6.45) is 3.77. The second kappa shape index (κ2) is 5.45. The summed E-state index contributed by atoms with van der Waals surface area (Å²) in [6.45, 7) is 0. The lowest BCUT2D eigenvalue weighted by Crippen LogP contribution is -2.24. The Morgan fingerprint density at radius 1 is 0.889 bits per heavy atom. The Labute approximate surface area is 159 Å². The number of para-hydroxylation sites is 1. The van der Waals surface area contributed by atoms with Gasteiger partial charge in [-0.1, -0.05) is 48.5 Å². The van der Waals surface area contributed by atoms with Gasteiger partial charge < -0.3 is 4.57 Å². The minimum Gasteiger partial charge on any atom is -0.344 e. The lowest BCUT2D eigenvalue weighted by atomic mass is 9.77. The Hall–Kier alpha value is -2.61. The standard InChI is InChI=1S/C25H23NO/c1-26-19-10-6-5-9-16(19)14-20(26)24-21-17-11-12-18(13-17)23(21)25(27)22(24)15-7-3-2-4-8-15/h2-10,14,17-18,21,23H,11-13H2,1H3/t17-,18+,21+,23-/m0/s1. The fraction of sp³-hybridized carbons (Fsp3) is 0.320. The number of benzene rings is 2. The van der Waals surface area contributed by atoms with Crippen molar-refractivity contribution in [2.45, 2.75) is 19.3 Å². The van der Waals surface area contributed by atoms with E-state index < -0.39 is 0 Å². The zero-order chi connectivity index (χ0) is 18.1. The molecule has 3 aromatic rings. The molecule has 3 aliphatic carbocycles. The summed E-state index contributed by atoms with van der Waals surface area (Å²) >= 11 is 0. The van der Waals surface area contributed by atoms with Crippen molar-refractivity contribution in [3.63, 3.8) is 0 Å². The van der Waals surface area contributed by atoms with Gasteiger partial charge >= 0.3 is 0 Å². The molecule has 1 heterocycles. The normalized spacial score (nSPS) is 29.1. The molecule has 0 spiro atoms. The van der Waals surface area contributed by atoms with E-state index in [1.54, 1.807) is 0 Å². The van der Waals surface area contributed by atoms with E-state index in [9.17, 15) is 4.79 Å². The van der Waals surface area contributed by atoms with Gasteiger partial charge in [0.25, 0.3) is 0 Å². The lowest BCUT2D eigenvalue weighted by Gasteiger charge is -2.26. The van der Waals surface area contributed by atoms with Crippen LogP contribution in [0, 0.1) is 23.7 Å². The van der Waals surface area contributed by atoms with Crippen LogP contribution in [0.4, 0.5) is 0 Å². The van der Waals surface area contributed by atoms with E-state index in [4.69, 9.17) is 0 Å². The molecule has 27 heavy (non-hydrogen) atoms. The van der Waals surface area contributed by atoms with Gasteiger partial charge in [-0.2, -0.15) is 0 Å². The van der Waals surface area contributed by atoms with Crippen LogP contribution in [0.5, 0.6) is 0 Å². The molecule has 0 aliphatic heterocycles. The van der Waals surface area contributed by atoms with Crippen molar-refractivity contribution in [1.29, 1.82) is 0 Å². The first kappa shape index (κ1) is 15.4. The number of carbonyl (C=O) groups is 1. The molecule has 2 saturated carbocycles. The maximum atomic E-state index is 13.6. The Balaban J connectivity index is 1.65. The second-order valence-electron chi connectivity index (χ2n) is 8.55. The minimum atomic E-state index is 0.215. The Kier molecular flexibility index (Phi) is 3.12. The van der Waals surface area contributed by atoms with Crippen molar-refractivity contribution < 1.29 is 4.79 Å². The predicted octanol–water partition coefficient (Wildman–Crippen LogP) is 5.33. The van der Waals surface area contributed by atoms with Gasteiger partial charge in [-0.15, -0.1) is 0 Å². The highest BCUT2D eigenvalue weighted by Gasteiger charge is 2.57. The summed E-state index contributed by atoms with van der Waals surface area (Å²) in [5, 5.41) is 1.26. The molecule has 2 aromatic carbocycles. The van der Waals surface area contributed by atoms with Crippen molar-refractivity contribution in [3.05, 3.63) is 71.9 Å². The van der Waals surface area contributed by atoms with E-state index >= 15 is 0 Å². The highest BCUT2D eigenvalue weighted by atomic mass is 16.1. The number of carbonyl (C=O) groups excluding carboxylic acids is 1. The van der Waals surface area contributed by atoms with E-state index in [-0.39, 0.29) is 5.92 Å². The first-order valence-electron chi connectivity index (χ1n) is 10.1. The number of fused-ring (bicyclic) bond motifs is 6. The molecule has 0 amide bonds. The van der Waals surface area contributed by atoms with Crippen molar-refractivity contribution in [1.82, 2.24) is 4.57 Å². The topological polar surface area (TPSA) is 22.0 Å². The highest BCUT2D eigenvalue weighted by molar-refractivity contribution is 6.33. The van der Waals surface area contributed by atoms with E-state index in [0.29, 0.717) is 23.5 Å². The van der Waals surface area contributed by atoms with Gasteiger partial charge in [0.15, 0.2) is 5.78 Å². The Bertz CT molecular complexity index is 1100. The molecule has 2 bridgehead atoms. The van der Waals surface area contributed by atoms with Gasteiger partial charge in [-0.25, -0.2) is 0 Å². The van der Waals surface area contributed by atoms with Crippen LogP contribution < -0.4 is 0 Å². The van der Waals surface area contributed by atoms with Crippen LogP contribution in [-0.4, -0.2) is 10.4 Å². The largest absolute Gasteiger partial charge is 0.344 e. The number of nitrogens with zero attached hydrogens (tertiary/aromatic N) is 1. The first-order valence-corrected chi connectivity index (χ1v) is 10.1. The molecule has 4 atom stereocenters. The quantitative estimate of drug-likeness (QED) is 0.610. The molecule has 134 valence electrons. The number of allylic oxidation sites excluding steroid dienone is 2. The van der Waals surface area contributed by atoms with Gasteiger partial charge in [0.1, 0.15) is 0 Å². The Morgan fingerprint density at radius 2 is 1.59 bits per heavy atom. The molecule has 0 radical (unpaired) electrons. The van der Waals surface area contributed by atoms with E-state index in [2.05, 4.69) is 66.2 Å². The molecule has 3 aliphatic rings. The summed E-state index contributed by atoms with van der Waals surface area (Å²) in [7, 11) is 2.15. The third-order valence-electron chi connectivity index (χ3n) is 7.36. The molecule has 2 nitrogen and oxygen atoms in total. The number of ketones is 1. The average Bonchev–Trinajstić information content (AvgIpc) is 3.44. The van der Waals surface area contributed by atoms with Gasteiger partial charge in [-0.05, 0) is 60.3 Å². The number of aromatic nitrogens is 1. The zero-order valence-corrected chi connectivity index (χ0v) is 15.6.